The zero-order chi connectivity index (χ0) is 39.9. The molecule has 2 saturated carbocycles. The Morgan fingerprint density at radius 1 is 1.15 bits per heavy atom. The number of nitrogen functional groups attached to an aromatic ring is 1. The molecule has 53 heavy (non-hydrogen) atoms. The molecular formula is C42H61ClN6O4. The van der Waals surface area contributed by atoms with E-state index in [1.165, 1.54) is 11.7 Å². The van der Waals surface area contributed by atoms with Gasteiger partial charge < -0.3 is 31.7 Å². The number of amides is 1. The lowest BCUT2D eigenvalue weighted by Crippen LogP contribution is -2.41. The number of aliphatic hydroxyl groups excluding tert-OH is 2. The molecule has 3 aromatic rings. The van der Waals surface area contributed by atoms with E-state index in [1.807, 2.05) is 26.1 Å². The molecular weight excluding hydrogens is 688 g/mol. The molecule has 2 heterocycles. The third-order valence-corrected chi connectivity index (χ3v) is 10.4. The summed E-state index contributed by atoms with van der Waals surface area (Å²) in [7, 11) is 2.57. The molecule has 290 valence electrons. The predicted octanol–water partition coefficient (Wildman–Crippen LogP) is 7.89. The normalized spacial score (nSPS) is 14.5. The van der Waals surface area contributed by atoms with Gasteiger partial charge in [-0.15, -0.1) is 0 Å². The molecule has 1 atom stereocenters. The van der Waals surface area contributed by atoms with Gasteiger partial charge in [-0.25, -0.2) is 0 Å². The van der Waals surface area contributed by atoms with Crippen LogP contribution in [0.15, 0.2) is 35.5 Å². The zero-order valence-corrected chi connectivity index (χ0v) is 34.1. The van der Waals surface area contributed by atoms with E-state index in [4.69, 9.17) is 37.3 Å². The number of pyridine rings is 2. The molecule has 1 amide bonds. The summed E-state index contributed by atoms with van der Waals surface area (Å²) in [5.74, 6) is 0.700. The van der Waals surface area contributed by atoms with Crippen molar-refractivity contribution in [3.63, 3.8) is 0 Å². The average Bonchev–Trinajstić information content (AvgIpc) is 4.11. The lowest BCUT2D eigenvalue weighted by molar-refractivity contribution is 0.0941. The fourth-order valence-corrected chi connectivity index (χ4v) is 6.43. The van der Waals surface area contributed by atoms with Crippen LogP contribution in [0.25, 0.3) is 11.3 Å². The van der Waals surface area contributed by atoms with E-state index in [2.05, 4.69) is 68.6 Å². The number of aromatic nitrogens is 2. The molecule has 2 aromatic heterocycles. The van der Waals surface area contributed by atoms with E-state index >= 15 is 0 Å². The maximum atomic E-state index is 13.7. The van der Waals surface area contributed by atoms with E-state index in [0.717, 1.165) is 80.3 Å². The standard InChI is InChI=1S/C37H48ClN5O2.C2H3NO.C2H6.CH4O/c1-8-10-29-32(38)27(15-16-40-29)34-22(3)28(36(4,5)9-2)19-31(43-34)37(6,25-11-12-25)21-42-35(44)23-17-24(20-41-26-13-14-26)33(39)30(18-23)45-7;3-1-2-4;2*1-2/h15-20,25-26H,8-14,21,39H2,1-7H3,(H,42,44);4H,3H2;1-2H3;2H,1H3. The number of aliphatic imine (C=N–C) groups is 1. The molecule has 7 N–H and O–H groups in total. The van der Waals surface area contributed by atoms with E-state index in [9.17, 15) is 4.79 Å². The summed E-state index contributed by atoms with van der Waals surface area (Å²) in [5, 5.41) is 18.3. The van der Waals surface area contributed by atoms with Crippen LogP contribution in [0, 0.1) is 25.0 Å². The summed E-state index contributed by atoms with van der Waals surface area (Å²) in [6.45, 7) is 17.8. The first-order valence-electron chi connectivity index (χ1n) is 18.6. The minimum atomic E-state index is -0.378. The van der Waals surface area contributed by atoms with Crippen molar-refractivity contribution in [1.82, 2.24) is 15.3 Å². The largest absolute Gasteiger partial charge is 0.495 e. The molecule has 11 heteroatoms. The number of carbonyl (C=O) groups excluding carboxylic acids is 1. The van der Waals surface area contributed by atoms with Crippen LogP contribution in [0.3, 0.4) is 0 Å². The van der Waals surface area contributed by atoms with E-state index in [-0.39, 0.29) is 16.7 Å². The monoisotopic (exact) mass is 748 g/mol. The SMILES string of the molecule is CC.CCCc1nccc(-c2nc(C(C)(CNC(=O)c3cc(C=NC4CC4)c(N)c(OC)c3)C3CC3)cc(C(C)(C)CC)c2C)c1Cl.CO.NC#CO. The van der Waals surface area contributed by atoms with Gasteiger partial charge in [0.25, 0.3) is 5.91 Å². The molecule has 2 fully saturated rings. The second kappa shape index (κ2) is 20.8. The Bertz CT molecular complexity index is 1750. The third kappa shape index (κ3) is 11.3. The number of halogens is 1. The number of aliphatic hydroxyl groups is 2. The van der Waals surface area contributed by atoms with Gasteiger partial charge in [-0.05, 0) is 92.2 Å². The number of rotatable bonds is 13. The summed E-state index contributed by atoms with van der Waals surface area (Å²) in [6, 6.07) is 9.86. The number of benzene rings is 1. The molecule has 0 saturated heterocycles. The highest BCUT2D eigenvalue weighted by molar-refractivity contribution is 6.33. The Morgan fingerprint density at radius 2 is 1.79 bits per heavy atom. The number of carbonyl (C=O) groups is 1. The Kier molecular flexibility index (Phi) is 17.6. The van der Waals surface area contributed by atoms with E-state index in [0.29, 0.717) is 46.1 Å². The van der Waals surface area contributed by atoms with Crippen molar-refractivity contribution in [1.29, 1.82) is 0 Å². The molecule has 5 rings (SSSR count). The Labute approximate surface area is 322 Å². The highest BCUT2D eigenvalue weighted by Gasteiger charge is 2.45. The molecule has 0 spiro atoms. The Balaban J connectivity index is 0.00000112. The number of hydrogen-bond acceptors (Lipinski definition) is 9. The number of anilines is 1. The van der Waals surface area contributed by atoms with E-state index in [1.54, 1.807) is 31.5 Å². The summed E-state index contributed by atoms with van der Waals surface area (Å²) in [5.41, 5.74) is 18.1. The summed E-state index contributed by atoms with van der Waals surface area (Å²) in [6.07, 6.45) is 12.2. The van der Waals surface area contributed by atoms with Crippen molar-refractivity contribution in [2.45, 2.75) is 117 Å². The van der Waals surface area contributed by atoms with Gasteiger partial charge >= 0.3 is 0 Å². The first-order chi connectivity index (χ1) is 25.3. The lowest BCUT2D eigenvalue weighted by Gasteiger charge is -2.34. The van der Waals surface area contributed by atoms with Crippen molar-refractivity contribution in [2.24, 2.45) is 16.6 Å². The van der Waals surface area contributed by atoms with Gasteiger partial charge in [-0.2, -0.15) is 0 Å². The minimum Gasteiger partial charge on any atom is -0.495 e. The smallest absolute Gasteiger partial charge is 0.251 e. The molecule has 2 aliphatic rings. The van der Waals surface area contributed by atoms with Gasteiger partial charge in [0.05, 0.1) is 35.2 Å². The summed E-state index contributed by atoms with van der Waals surface area (Å²) in [4.78, 5) is 28.2. The van der Waals surface area contributed by atoms with Crippen LogP contribution in [0.4, 0.5) is 5.69 Å². The molecule has 1 aromatic carbocycles. The number of hydrogen-bond donors (Lipinski definition) is 5. The first kappa shape index (κ1) is 44.8. The topological polar surface area (TPSA) is 169 Å². The number of nitrogens with two attached hydrogens (primary N) is 2. The predicted molar refractivity (Wildman–Crippen MR) is 218 cm³/mol. The second-order valence-corrected chi connectivity index (χ2v) is 14.3. The second-order valence-electron chi connectivity index (χ2n) is 14.0. The highest BCUT2D eigenvalue weighted by atomic mass is 35.5. The molecule has 0 aliphatic heterocycles. The van der Waals surface area contributed by atoms with Crippen molar-refractivity contribution >= 4 is 29.4 Å². The fourth-order valence-electron chi connectivity index (χ4n) is 6.13. The molecule has 0 radical (unpaired) electrons. The molecule has 10 nitrogen and oxygen atoms in total. The van der Waals surface area contributed by atoms with Crippen molar-refractivity contribution in [3.8, 4) is 29.2 Å². The Hall–Kier alpha value is -4.33. The number of aryl methyl sites for hydroxylation is 1. The quantitative estimate of drug-likeness (QED) is 0.0509. The third-order valence-electron chi connectivity index (χ3n) is 9.96. The van der Waals surface area contributed by atoms with Gasteiger partial charge in [0.15, 0.2) is 0 Å². The highest BCUT2D eigenvalue weighted by Crippen LogP contribution is 2.48. The van der Waals surface area contributed by atoms with Gasteiger partial charge in [0.2, 0.25) is 0 Å². The van der Waals surface area contributed by atoms with Crippen molar-refractivity contribution in [2.75, 3.05) is 26.5 Å². The van der Waals surface area contributed by atoms with Crippen LogP contribution in [0.1, 0.15) is 125 Å². The lowest BCUT2D eigenvalue weighted by atomic mass is 9.74. The van der Waals surface area contributed by atoms with Crippen LogP contribution in [0.2, 0.25) is 5.02 Å². The average molecular weight is 749 g/mol. The Morgan fingerprint density at radius 3 is 2.32 bits per heavy atom. The van der Waals surface area contributed by atoms with Crippen LogP contribution in [0.5, 0.6) is 5.75 Å². The van der Waals surface area contributed by atoms with E-state index < -0.39 is 0 Å². The fraction of sp³-hybridized carbons (Fsp3) is 0.524. The number of nitrogens with zero attached hydrogens (tertiary/aromatic N) is 3. The van der Waals surface area contributed by atoms with Gasteiger partial charge in [-0.1, -0.05) is 66.5 Å². The van der Waals surface area contributed by atoms with Crippen LogP contribution < -0.4 is 21.5 Å². The molecule has 0 bridgehead atoms. The molecule has 2 aliphatic carbocycles. The number of nitrogens with one attached hydrogen (secondary N) is 1. The zero-order valence-electron chi connectivity index (χ0n) is 33.4. The summed E-state index contributed by atoms with van der Waals surface area (Å²) >= 11 is 7.01. The summed E-state index contributed by atoms with van der Waals surface area (Å²) < 4.78 is 5.53. The first-order valence-corrected chi connectivity index (χ1v) is 19.0. The van der Waals surface area contributed by atoms with Crippen LogP contribution >= 0.6 is 11.6 Å². The van der Waals surface area contributed by atoms with Crippen molar-refractivity contribution in [3.05, 3.63) is 69.1 Å². The van der Waals surface area contributed by atoms with Crippen LogP contribution in [-0.2, 0) is 17.3 Å². The number of ether oxygens (including phenoxy) is 1. The van der Waals surface area contributed by atoms with Gasteiger partial charge in [-0.3, -0.25) is 19.8 Å². The maximum Gasteiger partial charge on any atom is 0.251 e. The van der Waals surface area contributed by atoms with Crippen LogP contribution in [-0.4, -0.2) is 59.1 Å². The van der Waals surface area contributed by atoms with Gasteiger partial charge in [0.1, 0.15) is 11.9 Å². The van der Waals surface area contributed by atoms with Gasteiger partial charge in [0, 0.05) is 59.9 Å². The maximum absolute atomic E-state index is 13.7. The molecule has 1 unspecified atom stereocenters. The van der Waals surface area contributed by atoms with Crippen molar-refractivity contribution < 1.29 is 19.7 Å². The number of methoxy groups -OCH3 is 1. The minimum absolute atomic E-state index is 0.0745.